The summed E-state index contributed by atoms with van der Waals surface area (Å²) in [4.78, 5) is 30.3. The summed E-state index contributed by atoms with van der Waals surface area (Å²) in [6.07, 6.45) is 4.10. The maximum absolute atomic E-state index is 14.7. The van der Waals surface area contributed by atoms with E-state index in [0.29, 0.717) is 11.4 Å². The number of sulfonamides is 1. The number of amides is 2. The number of halogens is 1. The van der Waals surface area contributed by atoms with Crippen LogP contribution in [0.5, 0.6) is 11.5 Å². The molecule has 1 aliphatic rings. The summed E-state index contributed by atoms with van der Waals surface area (Å²) in [7, 11) is -1.41. The number of nitrogens with zero attached hydrogens (tertiary/aromatic N) is 2. The van der Waals surface area contributed by atoms with Gasteiger partial charge in [-0.1, -0.05) is 88.9 Å². The van der Waals surface area contributed by atoms with Crippen molar-refractivity contribution in [1.82, 2.24) is 10.2 Å². The molecule has 258 valence electrons. The fraction of sp³-hybridized carbons (Fsp3) is 0.316. The second kappa shape index (κ2) is 16.4. The van der Waals surface area contributed by atoms with Crippen LogP contribution < -0.4 is 19.1 Å². The van der Waals surface area contributed by atoms with Gasteiger partial charge in [-0.2, -0.15) is 0 Å². The van der Waals surface area contributed by atoms with E-state index in [-0.39, 0.29) is 35.6 Å². The molecule has 0 heterocycles. The first-order valence-corrected chi connectivity index (χ1v) is 18.5. The van der Waals surface area contributed by atoms with Crippen molar-refractivity contribution in [3.63, 3.8) is 0 Å². The number of carbonyl (C=O) groups is 2. The fourth-order valence-electron chi connectivity index (χ4n) is 6.05. The molecule has 1 aliphatic carbocycles. The molecule has 4 aromatic carbocycles. The summed E-state index contributed by atoms with van der Waals surface area (Å²) in [6.45, 7) is 1.46. The Morgan fingerprint density at radius 1 is 0.857 bits per heavy atom. The van der Waals surface area contributed by atoms with E-state index in [2.05, 4.69) is 21.2 Å². The summed E-state index contributed by atoms with van der Waals surface area (Å²) in [5.41, 5.74) is 2.93. The van der Waals surface area contributed by atoms with Crippen LogP contribution >= 0.6 is 15.9 Å². The largest absolute Gasteiger partial charge is 0.493 e. The molecule has 0 aromatic heterocycles. The lowest BCUT2D eigenvalue weighted by atomic mass is 10.0. The van der Waals surface area contributed by atoms with E-state index in [4.69, 9.17) is 9.47 Å². The third kappa shape index (κ3) is 9.01. The molecular formula is C38H42BrN3O6S. The third-order valence-corrected chi connectivity index (χ3v) is 11.1. The highest BCUT2D eigenvalue weighted by Crippen LogP contribution is 2.33. The van der Waals surface area contributed by atoms with Crippen LogP contribution in [0.4, 0.5) is 5.69 Å². The molecule has 1 N–H and O–H groups in total. The van der Waals surface area contributed by atoms with Crippen molar-refractivity contribution < 1.29 is 27.5 Å². The van der Waals surface area contributed by atoms with Gasteiger partial charge in [0.2, 0.25) is 11.8 Å². The first-order chi connectivity index (χ1) is 23.6. The van der Waals surface area contributed by atoms with Crippen molar-refractivity contribution in [2.75, 3.05) is 25.1 Å². The summed E-state index contributed by atoms with van der Waals surface area (Å²) in [5, 5.41) is 3.20. The van der Waals surface area contributed by atoms with Crippen LogP contribution in [-0.2, 0) is 32.6 Å². The Balaban J connectivity index is 1.57. The van der Waals surface area contributed by atoms with E-state index in [9.17, 15) is 18.0 Å². The first-order valence-electron chi connectivity index (χ1n) is 16.3. The van der Waals surface area contributed by atoms with Gasteiger partial charge in [0.05, 0.1) is 24.8 Å². The molecule has 1 fully saturated rings. The molecule has 0 spiro atoms. The number of carbonyl (C=O) groups excluding carboxylic acids is 2. The van der Waals surface area contributed by atoms with Crippen molar-refractivity contribution in [2.45, 2.75) is 62.6 Å². The van der Waals surface area contributed by atoms with E-state index in [1.165, 1.54) is 37.3 Å². The average molecular weight is 749 g/mol. The molecule has 4 aromatic rings. The number of aryl methyl sites for hydroxylation is 1. The van der Waals surface area contributed by atoms with Crippen LogP contribution in [0.2, 0.25) is 0 Å². The molecule has 5 rings (SSSR count). The van der Waals surface area contributed by atoms with Crippen molar-refractivity contribution in [3.8, 4) is 11.5 Å². The number of hydrogen-bond acceptors (Lipinski definition) is 6. The Morgan fingerprint density at radius 3 is 2.14 bits per heavy atom. The van der Waals surface area contributed by atoms with Gasteiger partial charge in [0.15, 0.2) is 11.5 Å². The van der Waals surface area contributed by atoms with Gasteiger partial charge in [-0.25, -0.2) is 8.42 Å². The SMILES string of the molecule is COc1ccc(S(=O)(=O)N(CC(=O)N(Cc2ccc(Br)cc2)[C@@H](Cc2ccccc2)C(=O)NC2CCCC2)c2ccc(C)cc2)cc1OC. The highest BCUT2D eigenvalue weighted by molar-refractivity contribution is 9.10. The Hall–Kier alpha value is -4.35. The lowest BCUT2D eigenvalue weighted by Gasteiger charge is -2.34. The zero-order chi connectivity index (χ0) is 35.0. The number of benzene rings is 4. The maximum Gasteiger partial charge on any atom is 0.264 e. The lowest BCUT2D eigenvalue weighted by molar-refractivity contribution is -0.140. The average Bonchev–Trinajstić information content (AvgIpc) is 3.63. The van der Waals surface area contributed by atoms with Crippen LogP contribution in [0.15, 0.2) is 106 Å². The molecule has 0 aliphatic heterocycles. The van der Waals surface area contributed by atoms with Gasteiger partial charge in [0.1, 0.15) is 12.6 Å². The second-order valence-corrected chi connectivity index (χ2v) is 15.0. The normalized spacial score (nSPS) is 13.8. The first kappa shape index (κ1) is 35.9. The Kier molecular flexibility index (Phi) is 12.0. The van der Waals surface area contributed by atoms with Crippen LogP contribution in [0, 0.1) is 6.92 Å². The summed E-state index contributed by atoms with van der Waals surface area (Å²) in [5.74, 6) is -0.167. The van der Waals surface area contributed by atoms with Crippen molar-refractivity contribution in [2.24, 2.45) is 0 Å². The minimum absolute atomic E-state index is 0.0323. The lowest BCUT2D eigenvalue weighted by Crippen LogP contribution is -2.54. The molecule has 1 atom stereocenters. The monoisotopic (exact) mass is 747 g/mol. The minimum Gasteiger partial charge on any atom is -0.493 e. The van der Waals surface area contributed by atoms with Gasteiger partial charge >= 0.3 is 0 Å². The number of nitrogens with one attached hydrogen (secondary N) is 1. The second-order valence-electron chi connectivity index (χ2n) is 12.2. The molecule has 0 bridgehead atoms. The van der Waals surface area contributed by atoms with Gasteiger partial charge in [0.25, 0.3) is 10.0 Å². The molecule has 2 amide bonds. The smallest absolute Gasteiger partial charge is 0.264 e. The number of rotatable bonds is 14. The molecule has 1 saturated carbocycles. The topological polar surface area (TPSA) is 105 Å². The van der Waals surface area contributed by atoms with Gasteiger partial charge in [-0.3, -0.25) is 13.9 Å². The zero-order valence-electron chi connectivity index (χ0n) is 28.0. The van der Waals surface area contributed by atoms with Crippen molar-refractivity contribution >= 4 is 43.5 Å². The molecule has 0 saturated heterocycles. The van der Waals surface area contributed by atoms with E-state index >= 15 is 0 Å². The predicted molar refractivity (Wildman–Crippen MR) is 194 cm³/mol. The van der Waals surface area contributed by atoms with Crippen LogP contribution in [0.1, 0.15) is 42.4 Å². The highest BCUT2D eigenvalue weighted by Gasteiger charge is 2.36. The molecule has 49 heavy (non-hydrogen) atoms. The number of hydrogen-bond donors (Lipinski definition) is 1. The Morgan fingerprint density at radius 2 is 1.51 bits per heavy atom. The molecule has 0 radical (unpaired) electrons. The molecule has 11 heteroatoms. The quantitative estimate of drug-likeness (QED) is 0.155. The molecule has 9 nitrogen and oxygen atoms in total. The standard InChI is InChI=1S/C38H42BrN3O6S/c1-27-13-19-32(20-14-27)42(49(45,46)33-21-22-35(47-2)36(24-33)48-3)26-37(43)41(25-29-15-17-30(39)18-16-29)34(23-28-9-5-4-6-10-28)38(44)40-31-11-7-8-12-31/h4-6,9-10,13-22,24,31,34H,7-8,11-12,23,25-26H2,1-3H3,(H,40,44)/t34-/m0/s1. The van der Waals surface area contributed by atoms with E-state index in [1.54, 1.807) is 24.3 Å². The molecular weight excluding hydrogens is 706 g/mol. The summed E-state index contributed by atoms with van der Waals surface area (Å²) < 4.78 is 41.6. The third-order valence-electron chi connectivity index (χ3n) is 8.78. The Labute approximate surface area is 297 Å². The van der Waals surface area contributed by atoms with Gasteiger partial charge in [0, 0.05) is 29.5 Å². The molecule has 0 unspecified atom stereocenters. The predicted octanol–water partition coefficient (Wildman–Crippen LogP) is 6.67. The van der Waals surface area contributed by atoms with Gasteiger partial charge in [-0.15, -0.1) is 0 Å². The highest BCUT2D eigenvalue weighted by atomic mass is 79.9. The van der Waals surface area contributed by atoms with Gasteiger partial charge in [-0.05, 0) is 67.3 Å². The van der Waals surface area contributed by atoms with E-state index in [1.807, 2.05) is 61.5 Å². The number of anilines is 1. The van der Waals surface area contributed by atoms with E-state index < -0.39 is 28.5 Å². The van der Waals surface area contributed by atoms with Crippen LogP contribution in [0.3, 0.4) is 0 Å². The Bertz CT molecular complexity index is 1830. The van der Waals surface area contributed by atoms with Gasteiger partial charge < -0.3 is 19.7 Å². The fourth-order valence-corrected chi connectivity index (χ4v) is 7.75. The number of ether oxygens (including phenoxy) is 2. The maximum atomic E-state index is 14.7. The minimum atomic E-state index is -4.31. The van der Waals surface area contributed by atoms with Crippen LogP contribution in [0.25, 0.3) is 0 Å². The van der Waals surface area contributed by atoms with Crippen molar-refractivity contribution in [3.05, 3.63) is 118 Å². The van der Waals surface area contributed by atoms with E-state index in [0.717, 1.165) is 51.2 Å². The summed E-state index contributed by atoms with van der Waals surface area (Å²) >= 11 is 3.48. The number of methoxy groups -OCH3 is 2. The summed E-state index contributed by atoms with van der Waals surface area (Å²) in [6, 6.07) is 27.5. The van der Waals surface area contributed by atoms with Crippen molar-refractivity contribution in [1.29, 1.82) is 0 Å². The zero-order valence-corrected chi connectivity index (χ0v) is 30.4. The van der Waals surface area contributed by atoms with Crippen LogP contribution in [-0.4, -0.2) is 58.0 Å².